The lowest BCUT2D eigenvalue weighted by Crippen LogP contribution is -2.60. The van der Waals surface area contributed by atoms with E-state index in [4.69, 9.17) is 9.47 Å². The number of carbonyl (C=O) groups is 1. The van der Waals surface area contributed by atoms with Crippen LogP contribution in [0.4, 0.5) is 0 Å². The number of ether oxygens (including phenoxy) is 2. The Labute approximate surface area is 176 Å². The average Bonchev–Trinajstić information content (AvgIpc) is 2.70. The molecule has 3 aliphatic heterocycles. The Morgan fingerprint density at radius 2 is 1.31 bits per heavy atom. The largest absolute Gasteiger partial charge is 0.376 e. The standard InChI is InChI=1S/C21H41N5O3/c1-18-15-24(11-13-28-18)6-5-23-7-9-26(20(17-23)21(27)22(3)4)10-8-25-12-14-29-19(2)16-25/h18-20H,5-17H2,1-4H3. The van der Waals surface area contributed by atoms with Gasteiger partial charge in [0.2, 0.25) is 5.91 Å². The second-order valence-electron chi connectivity index (χ2n) is 9.05. The maximum absolute atomic E-state index is 12.9. The molecule has 0 aromatic rings. The smallest absolute Gasteiger partial charge is 0.240 e. The molecule has 8 heteroatoms. The highest BCUT2D eigenvalue weighted by Crippen LogP contribution is 2.14. The van der Waals surface area contributed by atoms with Crippen molar-refractivity contribution in [1.82, 2.24) is 24.5 Å². The van der Waals surface area contributed by atoms with E-state index < -0.39 is 0 Å². The molecule has 3 fully saturated rings. The van der Waals surface area contributed by atoms with Crippen molar-refractivity contribution in [3.63, 3.8) is 0 Å². The Bertz CT molecular complexity index is 521. The van der Waals surface area contributed by atoms with Gasteiger partial charge in [-0.3, -0.25) is 24.4 Å². The van der Waals surface area contributed by atoms with E-state index in [0.29, 0.717) is 12.2 Å². The number of likely N-dealkylation sites (N-methyl/N-ethyl adjacent to an activating group) is 1. The molecule has 0 bridgehead atoms. The molecular weight excluding hydrogens is 370 g/mol. The number of piperazine rings is 1. The minimum atomic E-state index is -0.0409. The van der Waals surface area contributed by atoms with Gasteiger partial charge in [-0.1, -0.05) is 0 Å². The summed E-state index contributed by atoms with van der Waals surface area (Å²) in [6.45, 7) is 16.8. The lowest BCUT2D eigenvalue weighted by Gasteiger charge is -2.43. The summed E-state index contributed by atoms with van der Waals surface area (Å²) < 4.78 is 11.3. The fraction of sp³-hybridized carbons (Fsp3) is 0.952. The minimum Gasteiger partial charge on any atom is -0.376 e. The molecule has 0 spiro atoms. The molecule has 0 aromatic carbocycles. The summed E-state index contributed by atoms with van der Waals surface area (Å²) in [7, 11) is 3.75. The minimum absolute atomic E-state index is 0.0409. The van der Waals surface area contributed by atoms with Gasteiger partial charge in [0, 0.05) is 86.1 Å². The van der Waals surface area contributed by atoms with E-state index in [1.165, 1.54) is 0 Å². The molecular formula is C21H41N5O3. The Morgan fingerprint density at radius 1 is 0.793 bits per heavy atom. The highest BCUT2D eigenvalue weighted by molar-refractivity contribution is 5.81. The van der Waals surface area contributed by atoms with E-state index in [1.54, 1.807) is 4.90 Å². The quantitative estimate of drug-likeness (QED) is 0.560. The molecule has 3 unspecified atom stereocenters. The molecule has 3 rings (SSSR count). The van der Waals surface area contributed by atoms with Crippen molar-refractivity contribution in [2.45, 2.75) is 32.1 Å². The predicted molar refractivity (Wildman–Crippen MR) is 114 cm³/mol. The van der Waals surface area contributed by atoms with Gasteiger partial charge in [0.05, 0.1) is 25.4 Å². The van der Waals surface area contributed by atoms with E-state index in [1.807, 2.05) is 14.1 Å². The molecule has 0 aliphatic carbocycles. The first-order valence-corrected chi connectivity index (χ1v) is 11.3. The van der Waals surface area contributed by atoms with Crippen LogP contribution in [0.25, 0.3) is 0 Å². The first-order chi connectivity index (χ1) is 13.9. The average molecular weight is 412 g/mol. The normalized spacial score (nSPS) is 31.1. The van der Waals surface area contributed by atoms with Crippen molar-refractivity contribution < 1.29 is 14.3 Å². The van der Waals surface area contributed by atoms with Gasteiger partial charge in [-0.2, -0.15) is 0 Å². The van der Waals surface area contributed by atoms with Crippen LogP contribution >= 0.6 is 0 Å². The fourth-order valence-electron chi connectivity index (χ4n) is 4.62. The Balaban J connectivity index is 1.50. The molecule has 3 atom stereocenters. The maximum Gasteiger partial charge on any atom is 0.240 e. The summed E-state index contributed by atoms with van der Waals surface area (Å²) in [5.41, 5.74) is 0. The lowest BCUT2D eigenvalue weighted by atomic mass is 10.1. The highest BCUT2D eigenvalue weighted by atomic mass is 16.5. The molecule has 0 saturated carbocycles. The Morgan fingerprint density at radius 3 is 1.83 bits per heavy atom. The van der Waals surface area contributed by atoms with Crippen LogP contribution in [0.15, 0.2) is 0 Å². The van der Waals surface area contributed by atoms with Crippen LogP contribution in [0.1, 0.15) is 13.8 Å². The van der Waals surface area contributed by atoms with Crippen molar-refractivity contribution in [1.29, 1.82) is 0 Å². The van der Waals surface area contributed by atoms with Crippen LogP contribution in [0.3, 0.4) is 0 Å². The third kappa shape index (κ3) is 6.87. The molecule has 3 saturated heterocycles. The van der Waals surface area contributed by atoms with Crippen molar-refractivity contribution in [2.75, 3.05) is 99.3 Å². The van der Waals surface area contributed by atoms with Gasteiger partial charge in [-0.05, 0) is 13.8 Å². The van der Waals surface area contributed by atoms with E-state index in [-0.39, 0.29) is 11.9 Å². The summed E-state index contributed by atoms with van der Waals surface area (Å²) in [5, 5.41) is 0. The van der Waals surface area contributed by atoms with E-state index in [9.17, 15) is 4.79 Å². The summed E-state index contributed by atoms with van der Waals surface area (Å²) in [6.07, 6.45) is 0.634. The van der Waals surface area contributed by atoms with E-state index in [0.717, 1.165) is 85.2 Å². The molecule has 8 nitrogen and oxygen atoms in total. The SMILES string of the molecule is CC1CN(CCN2CCN(CCN3CCOC(C)C3)C(C(=O)N(C)C)C2)CCO1. The predicted octanol–water partition coefficient (Wildman–Crippen LogP) is -0.498. The van der Waals surface area contributed by atoms with Gasteiger partial charge in [0.1, 0.15) is 6.04 Å². The molecule has 0 N–H and O–H groups in total. The second kappa shape index (κ2) is 11.0. The van der Waals surface area contributed by atoms with Crippen molar-refractivity contribution in [3.8, 4) is 0 Å². The summed E-state index contributed by atoms with van der Waals surface area (Å²) in [5.74, 6) is 0.227. The zero-order valence-corrected chi connectivity index (χ0v) is 18.9. The van der Waals surface area contributed by atoms with Crippen molar-refractivity contribution in [2.24, 2.45) is 0 Å². The molecule has 3 heterocycles. The van der Waals surface area contributed by atoms with Crippen LogP contribution in [0, 0.1) is 0 Å². The number of nitrogens with zero attached hydrogens (tertiary/aromatic N) is 5. The van der Waals surface area contributed by atoms with Crippen LogP contribution in [-0.2, 0) is 14.3 Å². The lowest BCUT2D eigenvalue weighted by molar-refractivity contribution is -0.137. The van der Waals surface area contributed by atoms with Crippen molar-refractivity contribution in [3.05, 3.63) is 0 Å². The zero-order valence-electron chi connectivity index (χ0n) is 18.9. The van der Waals surface area contributed by atoms with Gasteiger partial charge >= 0.3 is 0 Å². The number of morpholine rings is 2. The third-order valence-corrected chi connectivity index (χ3v) is 6.39. The molecule has 1 amide bonds. The molecule has 0 aromatic heterocycles. The number of amides is 1. The third-order valence-electron chi connectivity index (χ3n) is 6.39. The highest BCUT2D eigenvalue weighted by Gasteiger charge is 2.33. The van der Waals surface area contributed by atoms with Gasteiger partial charge in [0.15, 0.2) is 0 Å². The monoisotopic (exact) mass is 411 g/mol. The maximum atomic E-state index is 12.9. The topological polar surface area (TPSA) is 51.7 Å². The van der Waals surface area contributed by atoms with Gasteiger partial charge in [-0.25, -0.2) is 0 Å². The van der Waals surface area contributed by atoms with Crippen LogP contribution in [0.5, 0.6) is 0 Å². The molecule has 3 aliphatic rings. The first-order valence-electron chi connectivity index (χ1n) is 11.3. The summed E-state index contributed by atoms with van der Waals surface area (Å²) in [4.78, 5) is 24.5. The van der Waals surface area contributed by atoms with Gasteiger partial charge < -0.3 is 14.4 Å². The van der Waals surface area contributed by atoms with Crippen molar-refractivity contribution >= 4 is 5.91 Å². The van der Waals surface area contributed by atoms with Gasteiger partial charge in [-0.15, -0.1) is 0 Å². The van der Waals surface area contributed by atoms with E-state index >= 15 is 0 Å². The van der Waals surface area contributed by atoms with Gasteiger partial charge in [0.25, 0.3) is 0 Å². The Kier molecular flexibility index (Phi) is 8.70. The first kappa shape index (κ1) is 22.9. The number of carbonyl (C=O) groups excluding carboxylic acids is 1. The number of hydrogen-bond donors (Lipinski definition) is 0. The number of hydrogen-bond acceptors (Lipinski definition) is 7. The van der Waals surface area contributed by atoms with Crippen LogP contribution in [0.2, 0.25) is 0 Å². The van der Waals surface area contributed by atoms with Crippen LogP contribution < -0.4 is 0 Å². The number of rotatable bonds is 7. The Hall–Kier alpha value is -0.770. The summed E-state index contributed by atoms with van der Waals surface area (Å²) >= 11 is 0. The zero-order chi connectivity index (χ0) is 20.8. The second-order valence-corrected chi connectivity index (χ2v) is 9.05. The molecule has 168 valence electrons. The molecule has 0 radical (unpaired) electrons. The van der Waals surface area contributed by atoms with Crippen LogP contribution in [-0.4, -0.2) is 148 Å². The molecule has 29 heavy (non-hydrogen) atoms. The fourth-order valence-corrected chi connectivity index (χ4v) is 4.62. The van der Waals surface area contributed by atoms with E-state index in [2.05, 4.69) is 33.4 Å². The summed E-state index contributed by atoms with van der Waals surface area (Å²) in [6, 6.07) is -0.0409.